The van der Waals surface area contributed by atoms with Gasteiger partial charge in [0.2, 0.25) is 11.8 Å². The molecule has 4 N–H and O–H groups in total. The number of amides is 5. The molecule has 0 radical (unpaired) electrons. The van der Waals surface area contributed by atoms with Crippen LogP contribution in [0.3, 0.4) is 0 Å². The van der Waals surface area contributed by atoms with Crippen LogP contribution in [-0.4, -0.2) is 71.0 Å². The summed E-state index contributed by atoms with van der Waals surface area (Å²) < 4.78 is 5.25. The van der Waals surface area contributed by atoms with Gasteiger partial charge in [-0.15, -0.1) is 11.8 Å². The van der Waals surface area contributed by atoms with Gasteiger partial charge in [0.05, 0.1) is 12.3 Å². The fourth-order valence-corrected chi connectivity index (χ4v) is 4.97. The molecule has 34 heavy (non-hydrogen) atoms. The number of hydrogen-bond acceptors (Lipinski definition) is 6. The molecule has 2 aliphatic rings. The third kappa shape index (κ3) is 5.04. The Labute approximate surface area is 201 Å². The lowest BCUT2D eigenvalue weighted by molar-refractivity contribution is -0.140. The number of benzene rings is 1. The van der Waals surface area contributed by atoms with Crippen LogP contribution in [0.4, 0.5) is 10.5 Å². The second-order valence-electron chi connectivity index (χ2n) is 8.31. The van der Waals surface area contributed by atoms with Crippen molar-refractivity contribution < 1.29 is 23.6 Å². The van der Waals surface area contributed by atoms with E-state index in [-0.39, 0.29) is 24.6 Å². The first-order chi connectivity index (χ1) is 16.4. The van der Waals surface area contributed by atoms with Gasteiger partial charge in [-0.05, 0) is 55.9 Å². The summed E-state index contributed by atoms with van der Waals surface area (Å²) in [4.78, 5) is 54.8. The molecular weight excluding hydrogens is 458 g/mol. The van der Waals surface area contributed by atoms with Crippen molar-refractivity contribution in [2.45, 2.75) is 42.3 Å². The van der Waals surface area contributed by atoms with E-state index in [1.165, 1.54) is 22.1 Å². The molecule has 3 heterocycles. The zero-order valence-corrected chi connectivity index (χ0v) is 19.5. The maximum Gasteiger partial charge on any atom is 0.319 e. The zero-order chi connectivity index (χ0) is 24.2. The number of anilines is 1. The molecule has 3 atom stereocenters. The van der Waals surface area contributed by atoms with E-state index in [0.717, 1.165) is 4.90 Å². The lowest BCUT2D eigenvalue weighted by Gasteiger charge is -2.29. The second kappa shape index (κ2) is 10.2. The molecule has 0 aliphatic carbocycles. The number of rotatable bonds is 6. The summed E-state index contributed by atoms with van der Waals surface area (Å²) in [6.45, 7) is 0.527. The van der Waals surface area contributed by atoms with Crippen LogP contribution in [0.25, 0.3) is 0 Å². The lowest BCUT2D eigenvalue weighted by atomic mass is 10.1. The minimum absolute atomic E-state index is 0.102. The van der Waals surface area contributed by atoms with Gasteiger partial charge in [0, 0.05) is 23.7 Å². The van der Waals surface area contributed by atoms with Gasteiger partial charge < -0.3 is 30.6 Å². The number of thioether (sulfide) groups is 1. The Bertz CT molecular complexity index is 1080. The molecule has 1 aromatic carbocycles. The van der Waals surface area contributed by atoms with Crippen LogP contribution < -0.4 is 16.4 Å². The Morgan fingerprint density at radius 2 is 1.94 bits per heavy atom. The molecule has 10 nitrogen and oxygen atoms in total. The smallest absolute Gasteiger partial charge is 0.319 e. The van der Waals surface area contributed by atoms with E-state index in [0.29, 0.717) is 25.1 Å². The monoisotopic (exact) mass is 485 g/mol. The van der Waals surface area contributed by atoms with Crippen LogP contribution in [0.15, 0.2) is 52.0 Å². The number of carbonyl (C=O) groups excluding carboxylic acids is 4. The normalized spacial score (nSPS) is 22.0. The highest BCUT2D eigenvalue weighted by molar-refractivity contribution is 7.98. The van der Waals surface area contributed by atoms with Gasteiger partial charge in [0.25, 0.3) is 5.91 Å². The average molecular weight is 486 g/mol. The first kappa shape index (κ1) is 23.7. The van der Waals surface area contributed by atoms with Crippen molar-refractivity contribution in [2.75, 3.05) is 24.7 Å². The molecule has 2 aromatic rings. The highest BCUT2D eigenvalue weighted by atomic mass is 32.2. The van der Waals surface area contributed by atoms with E-state index in [1.807, 2.05) is 24.5 Å². The van der Waals surface area contributed by atoms with E-state index in [2.05, 4.69) is 10.6 Å². The third-order valence-corrected chi connectivity index (χ3v) is 6.83. The van der Waals surface area contributed by atoms with Crippen LogP contribution in [0.2, 0.25) is 0 Å². The van der Waals surface area contributed by atoms with Crippen molar-refractivity contribution in [3.63, 3.8) is 0 Å². The molecule has 180 valence electrons. The summed E-state index contributed by atoms with van der Waals surface area (Å²) in [6.07, 6.45) is 4.71. The van der Waals surface area contributed by atoms with Crippen LogP contribution in [0.5, 0.6) is 0 Å². The maximum atomic E-state index is 13.4. The van der Waals surface area contributed by atoms with E-state index < -0.39 is 36.0 Å². The highest BCUT2D eigenvalue weighted by Gasteiger charge is 2.45. The number of furan rings is 1. The molecule has 2 fully saturated rings. The summed E-state index contributed by atoms with van der Waals surface area (Å²) in [5.74, 6) is -1.26. The molecule has 0 saturated carbocycles. The Hall–Kier alpha value is -3.47. The van der Waals surface area contributed by atoms with Crippen molar-refractivity contribution >= 4 is 41.2 Å². The van der Waals surface area contributed by atoms with Crippen LogP contribution in [-0.2, 0) is 9.59 Å². The molecule has 0 spiro atoms. The molecule has 2 aliphatic heterocycles. The van der Waals surface area contributed by atoms with E-state index in [4.69, 9.17) is 10.2 Å². The highest BCUT2D eigenvalue weighted by Crippen LogP contribution is 2.27. The Kier molecular flexibility index (Phi) is 7.11. The van der Waals surface area contributed by atoms with Crippen LogP contribution in [0, 0.1) is 0 Å². The molecular formula is C23H27N5O5S. The lowest BCUT2D eigenvalue weighted by Crippen LogP contribution is -2.52. The van der Waals surface area contributed by atoms with Gasteiger partial charge in [0.15, 0.2) is 5.76 Å². The SMILES string of the molecule is CSc1cccc(NC(=O)NC2CC(C(=O)N3CCCC3C(N)=O)N(C(=O)c3ccco3)C2)c1. The first-order valence-electron chi connectivity index (χ1n) is 11.0. The minimum Gasteiger partial charge on any atom is -0.459 e. The summed E-state index contributed by atoms with van der Waals surface area (Å²) in [6, 6.07) is 8.11. The fraction of sp³-hybridized carbons (Fsp3) is 0.391. The van der Waals surface area contributed by atoms with Gasteiger partial charge in [0.1, 0.15) is 12.1 Å². The van der Waals surface area contributed by atoms with Crippen molar-refractivity contribution in [1.29, 1.82) is 0 Å². The maximum absolute atomic E-state index is 13.4. The standard InChI is InChI=1S/C23H27N5O5S/c1-34-16-6-2-5-14(11-16)25-23(32)26-15-12-18(21(30)27-9-3-7-17(27)20(24)29)28(13-15)22(31)19-8-4-10-33-19/h2,4-6,8,10-11,15,17-18H,3,7,9,12-13H2,1H3,(H2,24,29)(H2,25,26,32). The molecule has 1 aromatic heterocycles. The fourth-order valence-electron chi connectivity index (χ4n) is 4.51. The largest absolute Gasteiger partial charge is 0.459 e. The Balaban J connectivity index is 1.49. The molecule has 0 bridgehead atoms. The number of carbonyl (C=O) groups is 4. The van der Waals surface area contributed by atoms with Crippen molar-refractivity contribution in [2.24, 2.45) is 5.73 Å². The number of nitrogens with zero attached hydrogens (tertiary/aromatic N) is 2. The quantitative estimate of drug-likeness (QED) is 0.534. The van der Waals surface area contributed by atoms with Crippen molar-refractivity contribution in [3.8, 4) is 0 Å². The number of hydrogen-bond donors (Lipinski definition) is 3. The van der Waals surface area contributed by atoms with Crippen LogP contribution in [0.1, 0.15) is 29.8 Å². The number of nitrogens with one attached hydrogen (secondary N) is 2. The van der Waals surface area contributed by atoms with Gasteiger partial charge in [-0.2, -0.15) is 0 Å². The predicted molar refractivity (Wildman–Crippen MR) is 126 cm³/mol. The summed E-state index contributed by atoms with van der Waals surface area (Å²) in [5, 5.41) is 5.66. The number of urea groups is 1. The third-order valence-electron chi connectivity index (χ3n) is 6.11. The zero-order valence-electron chi connectivity index (χ0n) is 18.7. The van der Waals surface area contributed by atoms with Crippen LogP contribution >= 0.6 is 11.8 Å². The van der Waals surface area contributed by atoms with Gasteiger partial charge in [-0.1, -0.05) is 6.07 Å². The topological polar surface area (TPSA) is 138 Å². The number of likely N-dealkylation sites (tertiary alicyclic amines) is 2. The van der Waals surface area contributed by atoms with Crippen molar-refractivity contribution in [3.05, 3.63) is 48.4 Å². The summed E-state index contributed by atoms with van der Waals surface area (Å²) >= 11 is 1.56. The van der Waals surface area contributed by atoms with E-state index in [9.17, 15) is 19.2 Å². The first-order valence-corrected chi connectivity index (χ1v) is 12.3. The molecule has 4 rings (SSSR count). The van der Waals surface area contributed by atoms with Crippen molar-refractivity contribution in [1.82, 2.24) is 15.1 Å². The summed E-state index contributed by atoms with van der Waals surface area (Å²) in [7, 11) is 0. The number of nitrogens with two attached hydrogens (primary N) is 1. The Morgan fingerprint density at radius 3 is 2.65 bits per heavy atom. The second-order valence-corrected chi connectivity index (χ2v) is 9.19. The molecule has 5 amide bonds. The summed E-state index contributed by atoms with van der Waals surface area (Å²) in [5.41, 5.74) is 6.13. The molecule has 3 unspecified atom stereocenters. The molecule has 2 saturated heterocycles. The van der Waals surface area contributed by atoms with Gasteiger partial charge in [-0.3, -0.25) is 14.4 Å². The van der Waals surface area contributed by atoms with E-state index >= 15 is 0 Å². The van der Waals surface area contributed by atoms with Gasteiger partial charge in [-0.25, -0.2) is 4.79 Å². The van der Waals surface area contributed by atoms with Gasteiger partial charge >= 0.3 is 6.03 Å². The minimum atomic E-state index is -0.845. The average Bonchev–Trinajstić information content (AvgIpc) is 3.59. The number of primary amides is 1. The predicted octanol–water partition coefficient (Wildman–Crippen LogP) is 1.88. The van der Waals surface area contributed by atoms with E-state index in [1.54, 1.807) is 23.9 Å². The Morgan fingerprint density at radius 1 is 1.12 bits per heavy atom. The molecule has 11 heteroatoms.